The van der Waals surface area contributed by atoms with Crippen molar-refractivity contribution in [2.75, 3.05) is 11.6 Å². The summed E-state index contributed by atoms with van der Waals surface area (Å²) < 4.78 is 8.03. The fraction of sp³-hybridized carbons (Fsp3) is 0.344. The van der Waals surface area contributed by atoms with Gasteiger partial charge in [-0.2, -0.15) is 10.2 Å². The van der Waals surface area contributed by atoms with E-state index in [1.54, 1.807) is 55.2 Å². The molecule has 1 fully saturated rings. The average Bonchev–Trinajstić information content (AvgIpc) is 1.30. The fourth-order valence-electron chi connectivity index (χ4n) is 11.3. The number of aryl methyl sites for hydroxylation is 10. The number of hydrogen-bond donors (Lipinski definition) is 3. The van der Waals surface area contributed by atoms with Crippen LogP contribution in [0.15, 0.2) is 338 Å². The summed E-state index contributed by atoms with van der Waals surface area (Å²) >= 11 is 3.60. The number of thiazole rings is 1. The van der Waals surface area contributed by atoms with E-state index in [0.29, 0.717) is 0 Å². The average molecular weight is 1960 g/mol. The Morgan fingerprint density at radius 2 is 0.930 bits per heavy atom. The lowest BCUT2D eigenvalue weighted by Crippen LogP contribution is -2.21. The SMILES string of the molecule is CC.CC.CC.CC.CC.CC.CC.CC.CC.CC.CC.CC.CC(C)(C)n1cncn1.CC1CSCN1.Cc1ccc(-c2cnoc2)cc1.Cc1ccc(-n2cn[nH]c2=O)cc1.Cc1ccc2ccccc2c1.Cc1ccc2cccnc2c1.Cc1ccc2cnccc2n1.Cc1cccc2ccccc12.Cc1cccc2cccnc12.Cc1cnc2ccccc2c1.Cc1cnc[nH]1.Cc1cscn1. The molecule has 3 N–H and O–H groups in total. The quantitative estimate of drug-likeness (QED) is 0.146. The highest BCUT2D eigenvalue weighted by atomic mass is 32.2. The highest BCUT2D eigenvalue weighted by Crippen LogP contribution is 2.22. The van der Waals surface area contributed by atoms with E-state index in [0.717, 1.165) is 73.3 Å². The molecule has 0 bridgehead atoms. The van der Waals surface area contributed by atoms with E-state index in [1.807, 2.05) is 319 Å². The zero-order valence-corrected chi connectivity index (χ0v) is 95.2. The van der Waals surface area contributed by atoms with E-state index in [4.69, 9.17) is 4.52 Å². The van der Waals surface area contributed by atoms with Crippen LogP contribution in [0.1, 0.15) is 250 Å². The van der Waals surface area contributed by atoms with E-state index in [2.05, 4.69) is 310 Å². The fourth-order valence-corrected chi connectivity index (χ4v) is 12.8. The minimum atomic E-state index is -0.219. The first-order chi connectivity index (χ1) is 69.1. The van der Waals surface area contributed by atoms with Crippen LogP contribution in [0.5, 0.6) is 0 Å². The van der Waals surface area contributed by atoms with E-state index in [9.17, 15) is 4.79 Å². The molecule has 768 valence electrons. The van der Waals surface area contributed by atoms with Crippen LogP contribution in [0.3, 0.4) is 0 Å². The van der Waals surface area contributed by atoms with Gasteiger partial charge in [0.2, 0.25) is 0 Å². The van der Waals surface area contributed by atoms with Crippen molar-refractivity contribution >= 4 is 88.3 Å². The van der Waals surface area contributed by atoms with Gasteiger partial charge in [0.1, 0.15) is 25.2 Å². The molecule has 1 unspecified atom stereocenters. The van der Waals surface area contributed by atoms with Crippen LogP contribution in [0, 0.1) is 69.2 Å². The summed E-state index contributed by atoms with van der Waals surface area (Å²) in [6.45, 7) is 76.9. The minimum absolute atomic E-state index is 0.0660. The van der Waals surface area contributed by atoms with Crippen LogP contribution >= 0.6 is 23.1 Å². The lowest BCUT2D eigenvalue weighted by Gasteiger charge is -2.17. The Kier molecular flexibility index (Phi) is 83.6. The predicted octanol–water partition coefficient (Wildman–Crippen LogP) is 35.6. The number of rotatable bonds is 2. The lowest BCUT2D eigenvalue weighted by molar-refractivity contribution is 0.354. The molecule has 19 aromatic rings. The third-order valence-electron chi connectivity index (χ3n) is 17.7. The van der Waals surface area contributed by atoms with Crippen molar-refractivity contribution in [1.29, 1.82) is 0 Å². The van der Waals surface area contributed by atoms with Crippen molar-refractivity contribution in [3.05, 3.63) is 395 Å². The molecule has 0 aliphatic carbocycles. The van der Waals surface area contributed by atoms with E-state index < -0.39 is 0 Å². The summed E-state index contributed by atoms with van der Waals surface area (Å²) in [5.41, 5.74) is 21.0. The van der Waals surface area contributed by atoms with Gasteiger partial charge in [-0.15, -0.1) is 23.1 Å². The number of imidazole rings is 1. The van der Waals surface area contributed by atoms with Gasteiger partial charge in [-0.3, -0.25) is 29.9 Å². The van der Waals surface area contributed by atoms with Crippen LogP contribution in [0.2, 0.25) is 0 Å². The number of H-pyrrole nitrogens is 2. The van der Waals surface area contributed by atoms with Crippen molar-refractivity contribution < 1.29 is 4.52 Å². The summed E-state index contributed by atoms with van der Waals surface area (Å²) in [5, 5.41) is 29.0. The number of thioether (sulfide) groups is 1. The second-order valence-electron chi connectivity index (χ2n) is 28.9. The molecule has 18 nitrogen and oxygen atoms in total. The van der Waals surface area contributed by atoms with Gasteiger partial charge in [-0.05, 0) is 207 Å². The molecular formula is C122H176N16O2S2. The Morgan fingerprint density at radius 3 is 1.42 bits per heavy atom. The summed E-state index contributed by atoms with van der Waals surface area (Å²) in [5.74, 6) is 2.45. The van der Waals surface area contributed by atoms with Crippen LogP contribution < -0.4 is 11.0 Å². The van der Waals surface area contributed by atoms with Gasteiger partial charge in [0, 0.05) is 104 Å². The normalized spacial score (nSPS) is 10.0. The number of pyridine rings is 5. The highest BCUT2D eigenvalue weighted by molar-refractivity contribution is 7.99. The molecule has 0 amide bonds. The highest BCUT2D eigenvalue weighted by Gasteiger charge is 2.12. The molecule has 0 radical (unpaired) electrons. The number of nitrogens with one attached hydrogen (secondary N) is 3. The molecule has 1 aliphatic rings. The monoisotopic (exact) mass is 1960 g/mol. The molecule has 11 heterocycles. The first-order valence-electron chi connectivity index (χ1n) is 50.7. The first kappa shape index (κ1) is 135. The van der Waals surface area contributed by atoms with Gasteiger partial charge in [0.05, 0.1) is 51.3 Å². The standard InChI is InChI=1S/2C11H10.C10H9NO.3C10H9N.C9H9N3O.C9H8N2.C6H11N3.C4H6N2.C4H9NS.C4H5NS.12C2H6/c1-9-5-4-7-10-6-2-3-8-11(9)10;1-9-6-7-10-4-2-3-5-11(10)8-9;1-8-2-4-9(5-3-8)10-6-11-12-7-10;1-8-4-2-5-9-6-3-7-11-10(8)9;1-8-4-5-9-3-2-6-11-10(9)7-8;1-8-6-9-4-2-3-5-10(9)11-7-8;1-7-2-4-8(5-3-7)12-6-10-11-9(12)13;1-7-2-3-8-6-10-5-4-9(8)11-7;1-6(2,3)9-5-7-4-8-9;1-4-2-5-3-6-4;2*1-4-2-6-3-5-4;12*1-2/h2*2-8H,1H3;2-7H,1H3;3*2-7H,1H3;2-6H,1H3,(H,11,13);2-6H,1H3;4-5H,1-3H3;2-3H,1H3,(H,5,6);4-5H,2-3H2,1H3;2-3H,1H3;12*1-2H3. The van der Waals surface area contributed by atoms with Crippen molar-refractivity contribution in [2.24, 2.45) is 0 Å². The molecule has 1 atom stereocenters. The van der Waals surface area contributed by atoms with Crippen molar-refractivity contribution in [3.63, 3.8) is 0 Å². The molecule has 142 heavy (non-hydrogen) atoms. The maximum absolute atomic E-state index is 11.1. The number of aromatic nitrogens is 15. The van der Waals surface area contributed by atoms with Crippen LogP contribution in [0.4, 0.5) is 0 Å². The van der Waals surface area contributed by atoms with E-state index in [1.165, 1.54) is 93.3 Å². The molecule has 0 saturated carbocycles. The lowest BCUT2D eigenvalue weighted by atomic mass is 10.1. The van der Waals surface area contributed by atoms with Crippen LogP contribution in [0.25, 0.3) is 82.0 Å². The zero-order chi connectivity index (χ0) is 108. The molecule has 0 spiro atoms. The molecule has 9 aromatic carbocycles. The molecule has 1 aliphatic heterocycles. The Balaban J connectivity index is -0.000000720. The second kappa shape index (κ2) is 87.9. The van der Waals surface area contributed by atoms with Crippen molar-refractivity contribution in [2.45, 2.75) is 275 Å². The van der Waals surface area contributed by atoms with Gasteiger partial charge in [-0.25, -0.2) is 29.1 Å². The Morgan fingerprint density at radius 1 is 0.401 bits per heavy atom. The van der Waals surface area contributed by atoms with Gasteiger partial charge in [0.25, 0.3) is 0 Å². The Labute approximate surface area is 865 Å². The minimum Gasteiger partial charge on any atom is -0.364 e. The first-order valence-corrected chi connectivity index (χ1v) is 52.8. The van der Waals surface area contributed by atoms with Gasteiger partial charge in [0.15, 0.2) is 0 Å². The smallest absolute Gasteiger partial charge is 0.347 e. The van der Waals surface area contributed by atoms with Gasteiger partial charge in [-0.1, -0.05) is 370 Å². The van der Waals surface area contributed by atoms with Gasteiger partial charge < -0.3 is 14.8 Å². The third-order valence-corrected chi connectivity index (χ3v) is 19.6. The number of fused-ring (bicyclic) bond motifs is 6. The third kappa shape index (κ3) is 56.8. The van der Waals surface area contributed by atoms with Crippen LogP contribution in [-0.2, 0) is 5.54 Å². The number of benzene rings is 9. The topological polar surface area (TPSA) is 225 Å². The maximum Gasteiger partial charge on any atom is 0.347 e. The van der Waals surface area contributed by atoms with Crippen LogP contribution in [-0.4, -0.2) is 92.2 Å². The molecule has 1 saturated heterocycles. The Hall–Kier alpha value is -13.3. The molecular weight excluding hydrogens is 1790 g/mol. The number of para-hydroxylation sites is 2. The Bertz CT molecular complexity index is 5680. The molecule has 20 heteroatoms. The molecule has 20 rings (SSSR count). The van der Waals surface area contributed by atoms with Crippen molar-refractivity contribution in [1.82, 2.24) is 79.9 Å². The van der Waals surface area contributed by atoms with E-state index in [-0.39, 0.29) is 11.2 Å². The summed E-state index contributed by atoms with van der Waals surface area (Å²) in [7, 11) is 0. The molecule has 10 aromatic heterocycles. The number of aromatic amines is 2. The summed E-state index contributed by atoms with van der Waals surface area (Å²) in [6, 6.07) is 83.2. The number of nitrogens with zero attached hydrogens (tertiary/aromatic N) is 13. The number of hydrogen-bond acceptors (Lipinski definition) is 16. The predicted molar refractivity (Wildman–Crippen MR) is 628 cm³/mol. The summed E-state index contributed by atoms with van der Waals surface area (Å²) in [4.78, 5) is 46.7. The van der Waals surface area contributed by atoms with E-state index >= 15 is 0 Å². The second-order valence-corrected chi connectivity index (χ2v) is 30.6. The van der Waals surface area contributed by atoms with Crippen molar-refractivity contribution in [3.8, 4) is 16.8 Å². The summed E-state index contributed by atoms with van der Waals surface area (Å²) in [6.07, 6.45) is 20.7. The largest absolute Gasteiger partial charge is 0.364 e. The van der Waals surface area contributed by atoms with Gasteiger partial charge >= 0.3 is 5.69 Å². The zero-order valence-electron chi connectivity index (χ0n) is 93.6. The maximum atomic E-state index is 11.1.